The van der Waals surface area contributed by atoms with Crippen molar-refractivity contribution in [2.75, 3.05) is 16.4 Å². The molecule has 33 heavy (non-hydrogen) atoms. The molecule has 164 valence electrons. The van der Waals surface area contributed by atoms with Crippen molar-refractivity contribution in [2.24, 2.45) is 0 Å². The van der Waals surface area contributed by atoms with E-state index in [1.165, 1.54) is 6.33 Å². The van der Waals surface area contributed by atoms with Crippen molar-refractivity contribution in [1.29, 1.82) is 5.26 Å². The van der Waals surface area contributed by atoms with Crippen LogP contribution in [0.4, 0.5) is 28.7 Å². The van der Waals surface area contributed by atoms with Gasteiger partial charge < -0.3 is 16.4 Å². The number of anilines is 5. The minimum Gasteiger partial charge on any atom is -0.393 e. The number of halogens is 2. The van der Waals surface area contributed by atoms with Crippen LogP contribution in [0.1, 0.15) is 22.6 Å². The van der Waals surface area contributed by atoms with Gasteiger partial charge in [-0.3, -0.25) is 4.98 Å². The van der Waals surface area contributed by atoms with Crippen LogP contribution < -0.4 is 16.4 Å². The molecule has 4 aromatic rings. The minimum atomic E-state index is -0.525. The topological polar surface area (TPSA) is 113 Å². The molecule has 2 aromatic heterocycles. The number of hydrogen-bond donors (Lipinski definition) is 3. The van der Waals surface area contributed by atoms with Crippen LogP contribution >= 0.6 is 23.2 Å². The van der Waals surface area contributed by atoms with Crippen LogP contribution in [0, 0.1) is 18.3 Å². The number of nitrogens with one attached hydrogen (secondary N) is 2. The van der Waals surface area contributed by atoms with Crippen LogP contribution in [0.3, 0.4) is 0 Å². The number of hydrogen-bond acceptors (Lipinski definition) is 7. The van der Waals surface area contributed by atoms with Crippen LogP contribution in [0.5, 0.6) is 0 Å². The van der Waals surface area contributed by atoms with Gasteiger partial charge in [-0.25, -0.2) is 9.97 Å². The zero-order chi connectivity index (χ0) is 23.4. The van der Waals surface area contributed by atoms with Gasteiger partial charge in [0.15, 0.2) is 11.6 Å². The molecule has 4 rings (SSSR count). The van der Waals surface area contributed by atoms with E-state index in [2.05, 4.69) is 31.7 Å². The third-order valence-corrected chi connectivity index (χ3v) is 5.65. The van der Waals surface area contributed by atoms with E-state index in [4.69, 9.17) is 28.9 Å². The zero-order valence-electron chi connectivity index (χ0n) is 17.6. The van der Waals surface area contributed by atoms with E-state index >= 15 is 0 Å². The molecule has 0 aliphatic heterocycles. The maximum atomic E-state index is 9.81. The van der Waals surface area contributed by atoms with E-state index in [0.717, 1.165) is 22.5 Å². The Balaban J connectivity index is 1.62. The van der Waals surface area contributed by atoms with Crippen LogP contribution in [0.2, 0.25) is 10.0 Å². The normalized spacial score (nSPS) is 11.5. The Kier molecular flexibility index (Phi) is 6.59. The third-order valence-electron chi connectivity index (χ3n) is 5.07. The van der Waals surface area contributed by atoms with E-state index in [1.54, 1.807) is 30.6 Å². The van der Waals surface area contributed by atoms with Crippen molar-refractivity contribution in [3.8, 4) is 6.07 Å². The molecular weight excluding hydrogens is 457 g/mol. The Morgan fingerprint density at radius 2 is 1.64 bits per heavy atom. The second-order valence-corrected chi connectivity index (χ2v) is 8.12. The van der Waals surface area contributed by atoms with Gasteiger partial charge in [-0.1, -0.05) is 41.4 Å². The smallest absolute Gasteiger partial charge is 0.159 e. The SMILES string of the molecule is Cc1cc(C(C#N)c2ccc(Cl)cc2)c(Cl)cc1Nc1ncnc(Nc2ccncc2)c1N. The second-order valence-electron chi connectivity index (χ2n) is 7.27. The number of nitrogen functional groups attached to an aromatic ring is 1. The molecule has 0 saturated heterocycles. The average Bonchev–Trinajstić information content (AvgIpc) is 2.82. The monoisotopic (exact) mass is 475 g/mol. The van der Waals surface area contributed by atoms with Crippen molar-refractivity contribution in [1.82, 2.24) is 15.0 Å². The number of nitriles is 1. The van der Waals surface area contributed by atoms with Crippen molar-refractivity contribution in [3.63, 3.8) is 0 Å². The first-order chi connectivity index (χ1) is 16.0. The van der Waals surface area contributed by atoms with Crippen molar-refractivity contribution in [2.45, 2.75) is 12.8 Å². The van der Waals surface area contributed by atoms with Gasteiger partial charge in [0.1, 0.15) is 12.0 Å². The van der Waals surface area contributed by atoms with Crippen molar-refractivity contribution >= 4 is 51.9 Å². The molecule has 4 N–H and O–H groups in total. The maximum absolute atomic E-state index is 9.81. The quantitative estimate of drug-likeness (QED) is 0.303. The van der Waals surface area contributed by atoms with Crippen LogP contribution in [0.25, 0.3) is 0 Å². The lowest BCUT2D eigenvalue weighted by atomic mass is 9.91. The van der Waals surface area contributed by atoms with Crippen LogP contribution in [0.15, 0.2) is 67.3 Å². The first-order valence-corrected chi connectivity index (χ1v) is 10.7. The van der Waals surface area contributed by atoms with Gasteiger partial charge in [0.2, 0.25) is 0 Å². The molecular formula is C24H19Cl2N7. The highest BCUT2D eigenvalue weighted by molar-refractivity contribution is 6.32. The molecule has 0 bridgehead atoms. The standard InChI is InChI=1S/C24H19Cl2N7/c1-14-10-18(19(12-27)15-2-4-16(25)5-3-15)20(26)11-21(14)33-24-22(28)23(30-13-31-24)32-17-6-8-29-9-7-17/h2-11,13,19H,28H2,1H3,(H2,29,30,31,32,33). The summed E-state index contributed by atoms with van der Waals surface area (Å²) >= 11 is 12.6. The van der Waals surface area contributed by atoms with Gasteiger partial charge >= 0.3 is 0 Å². The fourth-order valence-corrected chi connectivity index (χ4v) is 3.73. The Bertz CT molecular complexity index is 1320. The first-order valence-electron chi connectivity index (χ1n) is 9.96. The first kappa shape index (κ1) is 22.3. The van der Waals surface area contributed by atoms with Gasteiger partial charge in [0.25, 0.3) is 0 Å². The van der Waals surface area contributed by atoms with E-state index < -0.39 is 5.92 Å². The molecule has 2 aromatic carbocycles. The summed E-state index contributed by atoms with van der Waals surface area (Å²) in [6, 6.07) is 16.8. The Labute approximate surface area is 201 Å². The molecule has 0 spiro atoms. The van der Waals surface area contributed by atoms with Crippen molar-refractivity contribution < 1.29 is 0 Å². The van der Waals surface area contributed by atoms with Gasteiger partial charge in [-0.15, -0.1) is 0 Å². The molecule has 0 saturated carbocycles. The summed E-state index contributed by atoms with van der Waals surface area (Å²) in [6.45, 7) is 1.92. The number of pyridine rings is 1. The fraction of sp³-hybridized carbons (Fsp3) is 0.0833. The molecule has 0 amide bonds. The Morgan fingerprint density at radius 3 is 2.30 bits per heavy atom. The van der Waals surface area contributed by atoms with Crippen LogP contribution in [-0.4, -0.2) is 15.0 Å². The van der Waals surface area contributed by atoms with Crippen LogP contribution in [-0.2, 0) is 0 Å². The van der Waals surface area contributed by atoms with Gasteiger partial charge in [0, 0.05) is 33.8 Å². The summed E-state index contributed by atoms with van der Waals surface area (Å²) in [4.78, 5) is 12.5. The lowest BCUT2D eigenvalue weighted by molar-refractivity contribution is 1.03. The third kappa shape index (κ3) is 4.98. The minimum absolute atomic E-state index is 0.352. The zero-order valence-corrected chi connectivity index (χ0v) is 19.1. The summed E-state index contributed by atoms with van der Waals surface area (Å²) in [5, 5.41) is 17.2. The Morgan fingerprint density at radius 1 is 0.970 bits per heavy atom. The number of aromatic nitrogens is 3. The van der Waals surface area contributed by atoms with Gasteiger partial charge in [-0.2, -0.15) is 5.26 Å². The van der Waals surface area contributed by atoms with Gasteiger partial charge in [0.05, 0.1) is 12.0 Å². The highest BCUT2D eigenvalue weighted by Crippen LogP contribution is 2.36. The fourth-order valence-electron chi connectivity index (χ4n) is 3.33. The molecule has 0 aliphatic carbocycles. The van der Waals surface area contributed by atoms with E-state index in [0.29, 0.717) is 32.9 Å². The molecule has 0 aliphatic rings. The van der Waals surface area contributed by atoms with E-state index in [1.807, 2.05) is 37.3 Å². The summed E-state index contributed by atoms with van der Waals surface area (Å²) in [5.74, 6) is 0.372. The highest BCUT2D eigenvalue weighted by atomic mass is 35.5. The van der Waals surface area contributed by atoms with Crippen molar-refractivity contribution in [3.05, 3.63) is 94.0 Å². The van der Waals surface area contributed by atoms with E-state index in [-0.39, 0.29) is 0 Å². The molecule has 7 nitrogen and oxygen atoms in total. The molecule has 0 fully saturated rings. The second kappa shape index (κ2) is 9.74. The van der Waals surface area contributed by atoms with E-state index in [9.17, 15) is 5.26 Å². The van der Waals surface area contributed by atoms with Gasteiger partial charge in [-0.05, 0) is 53.9 Å². The number of nitrogens with two attached hydrogens (primary N) is 1. The average molecular weight is 476 g/mol. The lowest BCUT2D eigenvalue weighted by Crippen LogP contribution is -2.06. The highest BCUT2D eigenvalue weighted by Gasteiger charge is 2.19. The molecule has 2 heterocycles. The molecule has 9 heteroatoms. The predicted octanol–water partition coefficient (Wildman–Crippen LogP) is 6.21. The summed E-state index contributed by atoms with van der Waals surface area (Å²) < 4.78 is 0. The maximum Gasteiger partial charge on any atom is 0.159 e. The molecule has 1 unspecified atom stereocenters. The summed E-state index contributed by atoms with van der Waals surface area (Å²) in [6.07, 6.45) is 4.76. The number of nitrogens with zero attached hydrogens (tertiary/aromatic N) is 4. The predicted molar refractivity (Wildman–Crippen MR) is 132 cm³/mol. The lowest BCUT2D eigenvalue weighted by Gasteiger charge is -2.17. The molecule has 1 atom stereocenters. The number of benzene rings is 2. The summed E-state index contributed by atoms with van der Waals surface area (Å²) in [7, 11) is 0. The summed E-state index contributed by atoms with van der Waals surface area (Å²) in [5.41, 5.74) is 10.6. The largest absolute Gasteiger partial charge is 0.393 e. The molecule has 0 radical (unpaired) electrons. The number of aryl methyl sites for hydroxylation is 1. The Hall–Kier alpha value is -3.86. The number of rotatable bonds is 6.